The summed E-state index contributed by atoms with van der Waals surface area (Å²) in [5.74, 6) is 0.221. The van der Waals surface area contributed by atoms with Crippen molar-refractivity contribution < 1.29 is 4.79 Å². The van der Waals surface area contributed by atoms with E-state index in [2.05, 4.69) is 35.8 Å². The number of carbonyl (C=O) groups excluding carboxylic acids is 1. The Hall–Kier alpha value is -1.35. The lowest BCUT2D eigenvalue weighted by molar-refractivity contribution is 0.0883. The molecule has 3 nitrogen and oxygen atoms in total. The molecule has 3 heteroatoms. The number of Topliss-reactive ketones (excluding diaryl/α,β-unsaturated/α-hetero) is 1. The predicted octanol–water partition coefficient (Wildman–Crippen LogP) is 2.29. The first-order valence-corrected chi connectivity index (χ1v) is 5.99. The first-order valence-electron chi connectivity index (χ1n) is 5.99. The van der Waals surface area contributed by atoms with E-state index in [0.29, 0.717) is 0 Å². The van der Waals surface area contributed by atoms with Crippen LogP contribution < -0.4 is 0 Å². The van der Waals surface area contributed by atoms with Crippen molar-refractivity contribution in [2.45, 2.75) is 20.4 Å². The number of hydrogen-bond acceptors (Lipinski definition) is 2. The van der Waals surface area contributed by atoms with Gasteiger partial charge in [-0.05, 0) is 27.9 Å². The van der Waals surface area contributed by atoms with Gasteiger partial charge in [0.15, 0.2) is 5.78 Å². The zero-order valence-electron chi connectivity index (χ0n) is 11.0. The van der Waals surface area contributed by atoms with Gasteiger partial charge >= 0.3 is 0 Å². The lowest BCUT2D eigenvalue weighted by atomic mass is 9.80. The summed E-state index contributed by atoms with van der Waals surface area (Å²) >= 11 is 0. The van der Waals surface area contributed by atoms with E-state index < -0.39 is 0 Å². The molecule has 0 aliphatic heterocycles. The molecule has 1 aliphatic carbocycles. The maximum atomic E-state index is 12.2. The van der Waals surface area contributed by atoms with Crippen molar-refractivity contribution in [3.05, 3.63) is 29.6 Å². The molecule has 0 unspecified atom stereocenters. The van der Waals surface area contributed by atoms with Crippen molar-refractivity contribution >= 4 is 11.9 Å². The number of likely N-dealkylation sites (N-methyl/N-ethyl adjacent to an activating group) is 1. The maximum absolute atomic E-state index is 12.2. The molecule has 0 aromatic carbocycles. The van der Waals surface area contributed by atoms with Crippen LogP contribution in [0.2, 0.25) is 0 Å². The second kappa shape index (κ2) is 4.15. The Kier molecular flexibility index (Phi) is 2.96. The minimum atomic E-state index is -0.360. The van der Waals surface area contributed by atoms with E-state index in [1.54, 1.807) is 0 Å². The summed E-state index contributed by atoms with van der Waals surface area (Å²) in [7, 11) is 4.11. The standard InChI is InChI=1S/C14H20N2O/c1-14(2)6-5-11-9-16(8-7-15(3)4)10-12(11)13(14)17/h5-6,9-10H,7-8H2,1-4H3. The van der Waals surface area contributed by atoms with E-state index in [1.165, 1.54) is 0 Å². The number of fused-ring (bicyclic) bond motifs is 1. The van der Waals surface area contributed by atoms with Gasteiger partial charge in [-0.2, -0.15) is 0 Å². The van der Waals surface area contributed by atoms with Gasteiger partial charge in [0, 0.05) is 42.0 Å². The molecule has 0 atom stereocenters. The van der Waals surface area contributed by atoms with Crippen molar-refractivity contribution in [3.8, 4) is 0 Å². The average Bonchev–Trinajstić information content (AvgIpc) is 2.65. The Labute approximate surface area is 103 Å². The molecule has 0 fully saturated rings. The van der Waals surface area contributed by atoms with Gasteiger partial charge < -0.3 is 9.47 Å². The first-order chi connectivity index (χ1) is 7.90. The van der Waals surface area contributed by atoms with Crippen LogP contribution in [0.3, 0.4) is 0 Å². The number of carbonyl (C=O) groups is 1. The van der Waals surface area contributed by atoms with E-state index in [9.17, 15) is 4.79 Å². The summed E-state index contributed by atoms with van der Waals surface area (Å²) in [6.45, 7) is 5.83. The number of nitrogens with zero attached hydrogens (tertiary/aromatic N) is 2. The molecular weight excluding hydrogens is 212 g/mol. The molecule has 0 bridgehead atoms. The van der Waals surface area contributed by atoms with Crippen LogP contribution in [-0.4, -0.2) is 35.9 Å². The molecule has 0 amide bonds. The van der Waals surface area contributed by atoms with Crippen LogP contribution in [0, 0.1) is 5.41 Å². The van der Waals surface area contributed by atoms with Crippen LogP contribution in [0.15, 0.2) is 18.5 Å². The van der Waals surface area contributed by atoms with Gasteiger partial charge in [-0.15, -0.1) is 0 Å². The van der Waals surface area contributed by atoms with Gasteiger partial charge in [-0.25, -0.2) is 0 Å². The van der Waals surface area contributed by atoms with Crippen LogP contribution in [0.1, 0.15) is 29.8 Å². The van der Waals surface area contributed by atoms with Crippen LogP contribution in [0.4, 0.5) is 0 Å². The Morgan fingerprint density at radius 3 is 2.65 bits per heavy atom. The minimum absolute atomic E-state index is 0.221. The lowest BCUT2D eigenvalue weighted by Crippen LogP contribution is -2.24. The molecule has 1 aliphatic rings. The molecule has 92 valence electrons. The number of aromatic nitrogens is 1. The van der Waals surface area contributed by atoms with Crippen molar-refractivity contribution in [1.82, 2.24) is 9.47 Å². The monoisotopic (exact) mass is 232 g/mol. The molecule has 2 rings (SSSR count). The normalized spacial score (nSPS) is 17.6. The van der Waals surface area contributed by atoms with Gasteiger partial charge in [0.25, 0.3) is 0 Å². The Balaban J connectivity index is 2.23. The van der Waals surface area contributed by atoms with Crippen LogP contribution >= 0.6 is 0 Å². The fraction of sp³-hybridized carbons (Fsp3) is 0.500. The summed E-state index contributed by atoms with van der Waals surface area (Å²) in [5.41, 5.74) is 1.55. The van der Waals surface area contributed by atoms with E-state index in [1.807, 2.05) is 26.1 Å². The zero-order valence-corrected chi connectivity index (χ0v) is 11.0. The quantitative estimate of drug-likeness (QED) is 0.799. The molecule has 0 radical (unpaired) electrons. The van der Waals surface area contributed by atoms with Crippen molar-refractivity contribution in [3.63, 3.8) is 0 Å². The second-order valence-electron chi connectivity index (χ2n) is 5.55. The number of allylic oxidation sites excluding steroid dienone is 1. The molecule has 0 spiro atoms. The lowest BCUT2D eigenvalue weighted by Gasteiger charge is -2.21. The third-order valence-electron chi connectivity index (χ3n) is 3.23. The molecule has 1 aromatic rings. The number of ketones is 1. The smallest absolute Gasteiger partial charge is 0.174 e. The minimum Gasteiger partial charge on any atom is -0.352 e. The Morgan fingerprint density at radius 2 is 2.00 bits per heavy atom. The molecule has 0 saturated heterocycles. The number of hydrogen-bond donors (Lipinski definition) is 0. The fourth-order valence-corrected chi connectivity index (χ4v) is 2.01. The summed E-state index contributed by atoms with van der Waals surface area (Å²) in [4.78, 5) is 14.4. The van der Waals surface area contributed by atoms with Crippen LogP contribution in [0.5, 0.6) is 0 Å². The van der Waals surface area contributed by atoms with E-state index in [0.717, 1.165) is 24.2 Å². The average molecular weight is 232 g/mol. The maximum Gasteiger partial charge on any atom is 0.174 e. The third-order valence-corrected chi connectivity index (χ3v) is 3.23. The zero-order chi connectivity index (χ0) is 12.6. The Bertz CT molecular complexity index is 467. The summed E-state index contributed by atoms with van der Waals surface area (Å²) < 4.78 is 2.11. The van der Waals surface area contributed by atoms with Crippen molar-refractivity contribution in [2.75, 3.05) is 20.6 Å². The fourth-order valence-electron chi connectivity index (χ4n) is 2.01. The molecule has 17 heavy (non-hydrogen) atoms. The largest absolute Gasteiger partial charge is 0.352 e. The van der Waals surface area contributed by atoms with Gasteiger partial charge in [0.1, 0.15) is 0 Å². The van der Waals surface area contributed by atoms with Gasteiger partial charge in [0.05, 0.1) is 0 Å². The highest BCUT2D eigenvalue weighted by atomic mass is 16.1. The molecule has 0 N–H and O–H groups in total. The van der Waals surface area contributed by atoms with Gasteiger partial charge in [-0.1, -0.05) is 12.2 Å². The molecular formula is C14H20N2O. The Morgan fingerprint density at radius 1 is 1.29 bits per heavy atom. The highest BCUT2D eigenvalue weighted by molar-refractivity contribution is 6.06. The van der Waals surface area contributed by atoms with Crippen molar-refractivity contribution in [1.29, 1.82) is 0 Å². The van der Waals surface area contributed by atoms with Crippen molar-refractivity contribution in [2.24, 2.45) is 5.41 Å². The van der Waals surface area contributed by atoms with Gasteiger partial charge in [-0.3, -0.25) is 4.79 Å². The first kappa shape index (κ1) is 12.1. The highest BCUT2D eigenvalue weighted by Crippen LogP contribution is 2.32. The van der Waals surface area contributed by atoms with Crippen LogP contribution in [-0.2, 0) is 6.54 Å². The summed E-state index contributed by atoms with van der Waals surface area (Å²) in [6.07, 6.45) is 8.09. The molecule has 1 aromatic heterocycles. The molecule has 1 heterocycles. The molecule has 0 saturated carbocycles. The predicted molar refractivity (Wildman–Crippen MR) is 70.1 cm³/mol. The van der Waals surface area contributed by atoms with Crippen LogP contribution in [0.25, 0.3) is 6.08 Å². The number of rotatable bonds is 3. The van der Waals surface area contributed by atoms with E-state index in [-0.39, 0.29) is 11.2 Å². The third kappa shape index (κ3) is 2.34. The summed E-state index contributed by atoms with van der Waals surface area (Å²) in [5, 5.41) is 0. The second-order valence-corrected chi connectivity index (χ2v) is 5.55. The SMILES string of the molecule is CN(C)CCn1cc2c(c1)C(=O)C(C)(C)C=C2. The van der Waals surface area contributed by atoms with E-state index >= 15 is 0 Å². The summed E-state index contributed by atoms with van der Waals surface area (Å²) in [6, 6.07) is 0. The van der Waals surface area contributed by atoms with Gasteiger partial charge in [0.2, 0.25) is 0 Å². The highest BCUT2D eigenvalue weighted by Gasteiger charge is 2.31. The topological polar surface area (TPSA) is 25.2 Å². The van der Waals surface area contributed by atoms with E-state index in [4.69, 9.17) is 0 Å².